The van der Waals surface area contributed by atoms with E-state index in [0.717, 1.165) is 94.7 Å². The van der Waals surface area contributed by atoms with Gasteiger partial charge in [-0.25, -0.2) is 9.97 Å². The van der Waals surface area contributed by atoms with Gasteiger partial charge in [-0.2, -0.15) is 0 Å². The number of nitrogens with zero attached hydrogens (tertiary/aromatic N) is 4. The molecule has 6 rings (SSSR count). The molecule has 2 aliphatic heterocycles. The SMILES string of the molecule is CC1(C(=O)c2c[nH]c3ncc(-c4cccc(N5CCN(C(=O)C6CCNCC6)CC5)c4)nc23)CCCCC1. The maximum absolute atomic E-state index is 13.6. The first-order chi connectivity index (χ1) is 18.5. The van der Waals surface area contributed by atoms with E-state index in [4.69, 9.17) is 4.98 Å². The largest absolute Gasteiger partial charge is 0.368 e. The first kappa shape index (κ1) is 25.0. The molecule has 3 aromatic rings. The second-order valence-corrected chi connectivity index (χ2v) is 11.5. The van der Waals surface area contributed by atoms with Gasteiger partial charge in [0.05, 0.1) is 17.5 Å². The average Bonchev–Trinajstić information content (AvgIpc) is 3.40. The molecule has 4 heterocycles. The van der Waals surface area contributed by atoms with Crippen molar-refractivity contribution in [3.05, 3.63) is 42.2 Å². The molecule has 8 heteroatoms. The fourth-order valence-corrected chi connectivity index (χ4v) is 6.46. The van der Waals surface area contributed by atoms with Gasteiger partial charge in [0, 0.05) is 55.0 Å². The van der Waals surface area contributed by atoms with Gasteiger partial charge in [-0.05, 0) is 50.9 Å². The highest BCUT2D eigenvalue weighted by Crippen LogP contribution is 2.39. The maximum Gasteiger partial charge on any atom is 0.225 e. The lowest BCUT2D eigenvalue weighted by atomic mass is 9.71. The van der Waals surface area contributed by atoms with Crippen LogP contribution in [0.4, 0.5) is 5.69 Å². The van der Waals surface area contributed by atoms with Crippen molar-refractivity contribution in [1.29, 1.82) is 0 Å². The van der Waals surface area contributed by atoms with Crippen molar-refractivity contribution in [1.82, 2.24) is 25.2 Å². The summed E-state index contributed by atoms with van der Waals surface area (Å²) >= 11 is 0. The predicted molar refractivity (Wildman–Crippen MR) is 149 cm³/mol. The van der Waals surface area contributed by atoms with Gasteiger partial charge in [-0.3, -0.25) is 9.59 Å². The number of Topliss-reactive ketones (excluding diaryl/α,β-unsaturated/α-hetero) is 1. The summed E-state index contributed by atoms with van der Waals surface area (Å²) in [5.41, 5.74) is 4.53. The van der Waals surface area contributed by atoms with E-state index in [1.54, 1.807) is 12.4 Å². The van der Waals surface area contributed by atoms with Gasteiger partial charge in [0.15, 0.2) is 11.4 Å². The Bertz CT molecular complexity index is 1310. The second kappa shape index (κ2) is 10.5. The van der Waals surface area contributed by atoms with E-state index in [2.05, 4.69) is 45.3 Å². The van der Waals surface area contributed by atoms with Gasteiger partial charge in [0.1, 0.15) is 5.52 Å². The van der Waals surface area contributed by atoms with Crippen LogP contribution in [0.5, 0.6) is 0 Å². The Morgan fingerprint density at radius 2 is 1.79 bits per heavy atom. The summed E-state index contributed by atoms with van der Waals surface area (Å²) in [7, 11) is 0. The van der Waals surface area contributed by atoms with Crippen molar-refractivity contribution in [2.24, 2.45) is 11.3 Å². The number of amides is 1. The molecule has 200 valence electrons. The summed E-state index contributed by atoms with van der Waals surface area (Å²) in [4.78, 5) is 43.6. The summed E-state index contributed by atoms with van der Waals surface area (Å²) in [6.07, 6.45) is 10.8. The van der Waals surface area contributed by atoms with Crippen molar-refractivity contribution >= 4 is 28.5 Å². The van der Waals surface area contributed by atoms with Crippen LogP contribution in [0, 0.1) is 11.3 Å². The lowest BCUT2D eigenvalue weighted by molar-refractivity contribution is -0.136. The summed E-state index contributed by atoms with van der Waals surface area (Å²) < 4.78 is 0. The lowest BCUT2D eigenvalue weighted by Crippen LogP contribution is -2.51. The molecule has 0 unspecified atom stereocenters. The Morgan fingerprint density at radius 3 is 2.55 bits per heavy atom. The topological polar surface area (TPSA) is 94.2 Å². The predicted octanol–water partition coefficient (Wildman–Crippen LogP) is 4.43. The third kappa shape index (κ3) is 4.82. The van der Waals surface area contributed by atoms with Crippen molar-refractivity contribution in [3.63, 3.8) is 0 Å². The fourth-order valence-electron chi connectivity index (χ4n) is 6.46. The number of rotatable bonds is 5. The monoisotopic (exact) mass is 514 g/mol. The zero-order valence-corrected chi connectivity index (χ0v) is 22.3. The Morgan fingerprint density at radius 1 is 1.03 bits per heavy atom. The molecule has 0 radical (unpaired) electrons. The number of aromatic nitrogens is 3. The number of ketones is 1. The van der Waals surface area contributed by atoms with E-state index in [9.17, 15) is 9.59 Å². The molecule has 2 N–H and O–H groups in total. The summed E-state index contributed by atoms with van der Waals surface area (Å²) in [6.45, 7) is 7.14. The standard InChI is InChI=1S/C30H38N6O2/c1-30(10-3-2-4-11-30)27(37)24-19-32-28-26(24)34-25(20-33-28)22-6-5-7-23(18-22)35-14-16-36(17-15-35)29(38)21-8-12-31-13-9-21/h5-7,18-21,31H,2-4,8-17H2,1H3,(H,32,33). The summed E-state index contributed by atoms with van der Waals surface area (Å²) in [5, 5.41) is 3.35. The summed E-state index contributed by atoms with van der Waals surface area (Å²) in [5.74, 6) is 0.675. The minimum absolute atomic E-state index is 0.172. The molecular weight excluding hydrogens is 476 g/mol. The number of carbonyl (C=O) groups is 2. The highest BCUT2D eigenvalue weighted by atomic mass is 16.2. The number of H-pyrrole nitrogens is 1. The minimum Gasteiger partial charge on any atom is -0.368 e. The number of hydrogen-bond acceptors (Lipinski definition) is 6. The molecule has 8 nitrogen and oxygen atoms in total. The Hall–Kier alpha value is -3.26. The number of benzene rings is 1. The number of anilines is 1. The highest BCUT2D eigenvalue weighted by molar-refractivity contribution is 6.08. The number of hydrogen-bond donors (Lipinski definition) is 2. The molecule has 3 fully saturated rings. The van der Waals surface area contributed by atoms with Crippen LogP contribution in [0.15, 0.2) is 36.7 Å². The quantitative estimate of drug-likeness (QED) is 0.490. The molecule has 2 aromatic heterocycles. The van der Waals surface area contributed by atoms with Gasteiger partial charge in [-0.1, -0.05) is 38.3 Å². The van der Waals surface area contributed by atoms with Crippen LogP contribution in [-0.4, -0.2) is 70.8 Å². The first-order valence-corrected chi connectivity index (χ1v) is 14.3. The van der Waals surface area contributed by atoms with E-state index in [-0.39, 0.29) is 17.1 Å². The fraction of sp³-hybridized carbons (Fsp3) is 0.533. The highest BCUT2D eigenvalue weighted by Gasteiger charge is 2.36. The van der Waals surface area contributed by atoms with Crippen molar-refractivity contribution in [2.75, 3.05) is 44.2 Å². The Kier molecular flexibility index (Phi) is 6.91. The number of aromatic amines is 1. The van der Waals surface area contributed by atoms with Crippen molar-refractivity contribution < 1.29 is 9.59 Å². The van der Waals surface area contributed by atoms with Crippen LogP contribution in [-0.2, 0) is 4.79 Å². The van der Waals surface area contributed by atoms with E-state index in [0.29, 0.717) is 22.6 Å². The zero-order valence-electron chi connectivity index (χ0n) is 22.3. The molecule has 1 aromatic carbocycles. The average molecular weight is 515 g/mol. The van der Waals surface area contributed by atoms with Crippen LogP contribution in [0.25, 0.3) is 22.4 Å². The van der Waals surface area contributed by atoms with Crippen LogP contribution >= 0.6 is 0 Å². The molecule has 0 spiro atoms. The minimum atomic E-state index is -0.317. The molecular formula is C30H38N6O2. The molecule has 3 aliphatic rings. The number of nitrogens with one attached hydrogen (secondary N) is 2. The molecule has 0 atom stereocenters. The van der Waals surface area contributed by atoms with Crippen LogP contribution in [0.2, 0.25) is 0 Å². The summed E-state index contributed by atoms with van der Waals surface area (Å²) in [6, 6.07) is 8.37. The van der Waals surface area contributed by atoms with E-state index in [1.807, 2.05) is 11.0 Å². The van der Waals surface area contributed by atoms with Gasteiger partial charge in [-0.15, -0.1) is 0 Å². The van der Waals surface area contributed by atoms with Gasteiger partial charge in [0.2, 0.25) is 5.91 Å². The van der Waals surface area contributed by atoms with Gasteiger partial charge >= 0.3 is 0 Å². The molecule has 2 saturated heterocycles. The van der Waals surface area contributed by atoms with Crippen molar-refractivity contribution in [3.8, 4) is 11.3 Å². The van der Waals surface area contributed by atoms with E-state index in [1.165, 1.54) is 6.42 Å². The molecule has 1 saturated carbocycles. The Labute approximate surface area is 224 Å². The maximum atomic E-state index is 13.6. The molecule has 1 amide bonds. The third-order valence-electron chi connectivity index (χ3n) is 8.92. The van der Waals surface area contributed by atoms with Crippen LogP contribution in [0.1, 0.15) is 62.2 Å². The second-order valence-electron chi connectivity index (χ2n) is 11.5. The van der Waals surface area contributed by atoms with Gasteiger partial charge < -0.3 is 20.1 Å². The number of piperidine rings is 1. The van der Waals surface area contributed by atoms with Crippen molar-refractivity contribution in [2.45, 2.75) is 51.9 Å². The zero-order chi connectivity index (χ0) is 26.1. The van der Waals surface area contributed by atoms with E-state index >= 15 is 0 Å². The number of fused-ring (bicyclic) bond motifs is 1. The first-order valence-electron chi connectivity index (χ1n) is 14.3. The smallest absolute Gasteiger partial charge is 0.225 e. The molecule has 38 heavy (non-hydrogen) atoms. The van der Waals surface area contributed by atoms with Crippen LogP contribution < -0.4 is 10.2 Å². The van der Waals surface area contributed by atoms with E-state index < -0.39 is 0 Å². The molecule has 1 aliphatic carbocycles. The normalized spacial score (nSPS) is 20.6. The molecule has 0 bridgehead atoms. The lowest BCUT2D eigenvalue weighted by Gasteiger charge is -2.38. The third-order valence-corrected chi connectivity index (χ3v) is 8.92. The van der Waals surface area contributed by atoms with Gasteiger partial charge in [0.25, 0.3) is 0 Å². The number of piperazine rings is 1. The van der Waals surface area contributed by atoms with Crippen LogP contribution in [0.3, 0.4) is 0 Å². The number of carbonyl (C=O) groups excluding carboxylic acids is 2. The Balaban J connectivity index is 1.19.